The van der Waals surface area contributed by atoms with E-state index < -0.39 is 0 Å². The Morgan fingerprint density at radius 2 is 2.00 bits per heavy atom. The van der Waals surface area contributed by atoms with Crippen LogP contribution in [-0.4, -0.2) is 24.6 Å². The van der Waals surface area contributed by atoms with E-state index in [1.807, 2.05) is 37.3 Å². The Kier molecular flexibility index (Phi) is 5.12. The second-order valence-corrected chi connectivity index (χ2v) is 5.28. The third kappa shape index (κ3) is 4.06. The molecule has 0 unspecified atom stereocenters. The molecule has 0 saturated carbocycles. The van der Waals surface area contributed by atoms with Crippen molar-refractivity contribution in [2.45, 2.75) is 23.3 Å². The van der Waals surface area contributed by atoms with Crippen LogP contribution in [0, 0.1) is 5.21 Å². The summed E-state index contributed by atoms with van der Waals surface area (Å²) in [6.07, 6.45) is 2.29. The summed E-state index contributed by atoms with van der Waals surface area (Å²) in [5.74, 6) is 1.40. The van der Waals surface area contributed by atoms with E-state index in [2.05, 4.69) is 0 Å². The van der Waals surface area contributed by atoms with E-state index >= 15 is 0 Å². The van der Waals surface area contributed by atoms with E-state index in [1.165, 1.54) is 18.0 Å². The van der Waals surface area contributed by atoms with Crippen LogP contribution in [0.25, 0.3) is 0 Å². The molecular formula is C15H17NO3S. The van der Waals surface area contributed by atoms with Gasteiger partial charge in [-0.15, -0.1) is 0 Å². The summed E-state index contributed by atoms with van der Waals surface area (Å²) in [5.41, 5.74) is 0. The summed E-state index contributed by atoms with van der Waals surface area (Å²) in [5, 5.41) is 12.2. The highest BCUT2D eigenvalue weighted by molar-refractivity contribution is 7.99. The number of methoxy groups -OCH3 is 1. The minimum absolute atomic E-state index is 0.474. The maximum Gasteiger partial charge on any atom is 0.217 e. The Morgan fingerprint density at radius 1 is 1.25 bits per heavy atom. The number of hydrogen-bond donors (Lipinski definition) is 0. The molecule has 0 aliphatic carbocycles. The largest absolute Gasteiger partial charge is 0.624 e. The lowest BCUT2D eigenvalue weighted by molar-refractivity contribution is -0.452. The SMILES string of the molecule is CCC/[N+]([O-])=C/c1ccc(Sc2ccc(OC)cc2)o1. The summed E-state index contributed by atoms with van der Waals surface area (Å²) in [7, 11) is 1.64. The normalized spacial score (nSPS) is 11.6. The lowest BCUT2D eigenvalue weighted by atomic mass is 10.3. The molecule has 1 heterocycles. The second kappa shape index (κ2) is 7.05. The van der Waals surface area contributed by atoms with Crippen LogP contribution in [0.5, 0.6) is 5.75 Å². The van der Waals surface area contributed by atoms with Crippen molar-refractivity contribution in [1.82, 2.24) is 0 Å². The summed E-state index contributed by atoms with van der Waals surface area (Å²) < 4.78 is 11.6. The van der Waals surface area contributed by atoms with Gasteiger partial charge in [0.1, 0.15) is 5.75 Å². The summed E-state index contributed by atoms with van der Waals surface area (Å²) >= 11 is 1.51. The first-order valence-corrected chi connectivity index (χ1v) is 7.23. The van der Waals surface area contributed by atoms with Gasteiger partial charge >= 0.3 is 0 Å². The molecule has 5 heteroatoms. The average molecular weight is 291 g/mol. The summed E-state index contributed by atoms with van der Waals surface area (Å²) in [4.78, 5) is 1.05. The monoisotopic (exact) mass is 291 g/mol. The molecule has 0 aliphatic rings. The Balaban J connectivity index is 2.03. The first kappa shape index (κ1) is 14.5. The first-order valence-electron chi connectivity index (χ1n) is 6.41. The molecule has 0 radical (unpaired) electrons. The third-order valence-corrected chi connectivity index (χ3v) is 3.52. The van der Waals surface area contributed by atoms with E-state index in [1.54, 1.807) is 13.2 Å². The van der Waals surface area contributed by atoms with Gasteiger partial charge in [0.25, 0.3) is 0 Å². The predicted octanol–water partition coefficient (Wildman–Crippen LogP) is 3.78. The van der Waals surface area contributed by atoms with E-state index in [-0.39, 0.29) is 0 Å². The molecule has 0 aliphatic heterocycles. The number of rotatable bonds is 6. The van der Waals surface area contributed by atoms with Crippen molar-refractivity contribution in [2.75, 3.05) is 13.7 Å². The van der Waals surface area contributed by atoms with Gasteiger partial charge in [-0.3, -0.25) is 0 Å². The molecule has 1 aromatic heterocycles. The number of ether oxygens (including phenoxy) is 1. The van der Waals surface area contributed by atoms with Crippen LogP contribution in [0.2, 0.25) is 0 Å². The third-order valence-electron chi connectivity index (χ3n) is 2.60. The van der Waals surface area contributed by atoms with Gasteiger partial charge in [-0.1, -0.05) is 18.7 Å². The quantitative estimate of drug-likeness (QED) is 0.352. The molecule has 20 heavy (non-hydrogen) atoms. The first-order chi connectivity index (χ1) is 9.71. The molecule has 0 bridgehead atoms. The molecule has 0 fully saturated rings. The topological polar surface area (TPSA) is 48.4 Å². The number of furan rings is 1. The fourth-order valence-corrected chi connectivity index (χ4v) is 2.42. The lowest BCUT2D eigenvalue weighted by Crippen LogP contribution is -2.05. The maximum absolute atomic E-state index is 11.4. The van der Waals surface area contributed by atoms with Crippen molar-refractivity contribution in [1.29, 1.82) is 0 Å². The van der Waals surface area contributed by atoms with Crippen molar-refractivity contribution >= 4 is 18.0 Å². The average Bonchev–Trinajstić information content (AvgIpc) is 2.87. The Hall–Kier alpha value is -1.88. The number of hydroxylamine groups is 1. The smallest absolute Gasteiger partial charge is 0.217 e. The molecule has 1 aromatic carbocycles. The minimum atomic E-state index is 0.474. The van der Waals surface area contributed by atoms with Crippen molar-refractivity contribution in [3.63, 3.8) is 0 Å². The van der Waals surface area contributed by atoms with Crippen molar-refractivity contribution in [2.24, 2.45) is 0 Å². The van der Waals surface area contributed by atoms with Crippen molar-refractivity contribution in [3.8, 4) is 5.75 Å². The van der Waals surface area contributed by atoms with Crippen LogP contribution in [0.1, 0.15) is 19.1 Å². The van der Waals surface area contributed by atoms with E-state index in [0.717, 1.165) is 26.9 Å². The molecular weight excluding hydrogens is 274 g/mol. The summed E-state index contributed by atoms with van der Waals surface area (Å²) in [6, 6.07) is 11.4. The van der Waals surface area contributed by atoms with Gasteiger partial charge in [0.2, 0.25) is 6.21 Å². The minimum Gasteiger partial charge on any atom is -0.624 e. The zero-order valence-electron chi connectivity index (χ0n) is 11.5. The molecule has 2 rings (SSSR count). The molecule has 0 saturated heterocycles. The molecule has 106 valence electrons. The van der Waals surface area contributed by atoms with Crippen molar-refractivity contribution in [3.05, 3.63) is 47.4 Å². The highest BCUT2D eigenvalue weighted by Crippen LogP contribution is 2.30. The molecule has 0 atom stereocenters. The van der Waals surface area contributed by atoms with E-state index in [9.17, 15) is 5.21 Å². The van der Waals surface area contributed by atoms with Gasteiger partial charge in [0, 0.05) is 11.3 Å². The molecule has 0 amide bonds. The predicted molar refractivity (Wildman–Crippen MR) is 79.8 cm³/mol. The zero-order valence-corrected chi connectivity index (χ0v) is 12.4. The van der Waals surface area contributed by atoms with Crippen LogP contribution >= 0.6 is 11.8 Å². The highest BCUT2D eigenvalue weighted by Gasteiger charge is 2.05. The fraction of sp³-hybridized carbons (Fsp3) is 0.267. The molecule has 0 N–H and O–H groups in total. The lowest BCUT2D eigenvalue weighted by Gasteiger charge is -2.01. The van der Waals surface area contributed by atoms with Crippen LogP contribution in [0.4, 0.5) is 0 Å². The highest BCUT2D eigenvalue weighted by atomic mass is 32.2. The summed E-state index contributed by atoms with van der Waals surface area (Å²) in [6.45, 7) is 2.44. The van der Waals surface area contributed by atoms with Crippen LogP contribution in [0.3, 0.4) is 0 Å². The molecule has 4 nitrogen and oxygen atoms in total. The van der Waals surface area contributed by atoms with Gasteiger partial charge in [-0.25, -0.2) is 4.74 Å². The standard InChI is InChI=1S/C15H17NO3S/c1-3-10-16(17)11-13-6-9-15(19-13)20-14-7-4-12(18-2)5-8-14/h4-9,11H,3,10H2,1-2H3/b16-11-. The van der Waals surface area contributed by atoms with Crippen LogP contribution in [0.15, 0.2) is 50.8 Å². The number of benzene rings is 1. The van der Waals surface area contributed by atoms with E-state index in [0.29, 0.717) is 12.3 Å². The Bertz CT molecular complexity index is 575. The second-order valence-electron chi connectivity index (χ2n) is 4.20. The van der Waals surface area contributed by atoms with Crippen molar-refractivity contribution < 1.29 is 13.9 Å². The Labute approximate surface area is 122 Å². The maximum atomic E-state index is 11.4. The van der Waals surface area contributed by atoms with Gasteiger partial charge in [0.15, 0.2) is 17.4 Å². The molecule has 0 spiro atoms. The van der Waals surface area contributed by atoms with Gasteiger partial charge in [-0.2, -0.15) is 0 Å². The number of nitrogens with zero attached hydrogens (tertiary/aromatic N) is 1. The number of hydrogen-bond acceptors (Lipinski definition) is 4. The van der Waals surface area contributed by atoms with Gasteiger partial charge in [0.05, 0.1) is 7.11 Å². The van der Waals surface area contributed by atoms with Crippen LogP contribution < -0.4 is 4.74 Å². The zero-order chi connectivity index (χ0) is 14.4. The Morgan fingerprint density at radius 3 is 2.65 bits per heavy atom. The van der Waals surface area contributed by atoms with Gasteiger partial charge < -0.3 is 14.4 Å². The molecule has 2 aromatic rings. The van der Waals surface area contributed by atoms with E-state index in [4.69, 9.17) is 9.15 Å². The fourth-order valence-electron chi connectivity index (χ4n) is 1.65. The van der Waals surface area contributed by atoms with Gasteiger partial charge in [-0.05, 0) is 36.4 Å². The van der Waals surface area contributed by atoms with Crippen LogP contribution in [-0.2, 0) is 0 Å².